The average molecular weight is 353 g/mol. The minimum atomic E-state index is -0.413. The van der Waals surface area contributed by atoms with Crippen molar-refractivity contribution in [3.63, 3.8) is 0 Å². The molecule has 0 saturated carbocycles. The second-order valence-corrected chi connectivity index (χ2v) is 5.14. The molecule has 0 aliphatic carbocycles. The maximum Gasteiger partial charge on any atom is 0.330 e. The molecule has 0 aromatic heterocycles. The molecule has 140 valence electrons. The molecule has 1 aromatic carbocycles. The van der Waals surface area contributed by atoms with E-state index in [4.69, 9.17) is 24.1 Å². The summed E-state index contributed by atoms with van der Waals surface area (Å²) < 4.78 is 20.9. The number of rotatable bonds is 12. The zero-order chi connectivity index (χ0) is 18.5. The Bertz CT molecular complexity index is 533. The Kier molecular flexibility index (Phi) is 10.1. The summed E-state index contributed by atoms with van der Waals surface area (Å²) in [7, 11) is 4.60. The lowest BCUT2D eigenvalue weighted by atomic mass is 10.1. The monoisotopic (exact) mass is 353 g/mol. The Morgan fingerprint density at radius 3 is 2.28 bits per heavy atom. The smallest absolute Gasteiger partial charge is 0.330 e. The van der Waals surface area contributed by atoms with Gasteiger partial charge in [0.1, 0.15) is 0 Å². The van der Waals surface area contributed by atoms with E-state index >= 15 is 0 Å². The van der Waals surface area contributed by atoms with Crippen LogP contribution in [0.25, 0.3) is 6.08 Å². The van der Waals surface area contributed by atoms with Crippen LogP contribution in [-0.2, 0) is 9.53 Å². The van der Waals surface area contributed by atoms with Crippen molar-refractivity contribution in [3.8, 4) is 17.2 Å². The van der Waals surface area contributed by atoms with E-state index in [9.17, 15) is 4.79 Å². The van der Waals surface area contributed by atoms with E-state index in [0.717, 1.165) is 31.5 Å². The molecule has 0 atom stereocenters. The standard InChI is InChI=1S/C18H27NO6/c1-22-15-12-14(13-16(23-2)18(15)24-3)6-7-17(21)25-11-5-9-19-8-4-10-20/h6-7,12-13,19-20H,4-5,8-11H2,1-3H3/b7-6+. The first-order valence-corrected chi connectivity index (χ1v) is 8.12. The fraction of sp³-hybridized carbons (Fsp3) is 0.500. The van der Waals surface area contributed by atoms with Crippen LogP contribution in [0.5, 0.6) is 17.2 Å². The highest BCUT2D eigenvalue weighted by molar-refractivity contribution is 5.87. The van der Waals surface area contributed by atoms with Gasteiger partial charge in [-0.3, -0.25) is 0 Å². The van der Waals surface area contributed by atoms with Crippen molar-refractivity contribution in [1.29, 1.82) is 0 Å². The molecule has 25 heavy (non-hydrogen) atoms. The minimum Gasteiger partial charge on any atom is -0.493 e. The molecule has 0 aliphatic rings. The lowest BCUT2D eigenvalue weighted by molar-refractivity contribution is -0.137. The van der Waals surface area contributed by atoms with E-state index < -0.39 is 5.97 Å². The van der Waals surface area contributed by atoms with E-state index in [1.54, 1.807) is 18.2 Å². The number of aliphatic hydroxyl groups is 1. The molecule has 1 aromatic rings. The molecule has 0 aliphatic heterocycles. The number of carbonyl (C=O) groups is 1. The lowest BCUT2D eigenvalue weighted by Gasteiger charge is -2.12. The topological polar surface area (TPSA) is 86.3 Å². The van der Waals surface area contributed by atoms with Crippen LogP contribution in [0.4, 0.5) is 0 Å². The SMILES string of the molecule is COc1cc(/C=C/C(=O)OCCCNCCCO)cc(OC)c1OC. The number of aliphatic hydroxyl groups excluding tert-OH is 1. The molecular weight excluding hydrogens is 326 g/mol. The van der Waals surface area contributed by atoms with Gasteiger partial charge in [0.2, 0.25) is 5.75 Å². The number of hydrogen-bond donors (Lipinski definition) is 2. The second kappa shape index (κ2) is 12.2. The summed E-state index contributed by atoms with van der Waals surface area (Å²) in [5.41, 5.74) is 0.733. The van der Waals surface area contributed by atoms with Gasteiger partial charge in [0.25, 0.3) is 0 Å². The predicted octanol–water partition coefficient (Wildman–Crippen LogP) is 1.63. The Hall–Kier alpha value is -2.25. The van der Waals surface area contributed by atoms with E-state index in [2.05, 4.69) is 5.32 Å². The molecular formula is C18H27NO6. The van der Waals surface area contributed by atoms with Crippen molar-refractivity contribution < 1.29 is 28.8 Å². The molecule has 0 spiro atoms. The zero-order valence-corrected chi connectivity index (χ0v) is 15.0. The highest BCUT2D eigenvalue weighted by Gasteiger charge is 2.12. The maximum atomic E-state index is 11.7. The fourth-order valence-corrected chi connectivity index (χ4v) is 2.11. The summed E-state index contributed by atoms with van der Waals surface area (Å²) >= 11 is 0. The fourth-order valence-electron chi connectivity index (χ4n) is 2.11. The molecule has 0 saturated heterocycles. The molecule has 0 heterocycles. The molecule has 0 bridgehead atoms. The van der Waals surface area contributed by atoms with Gasteiger partial charge in [-0.1, -0.05) is 0 Å². The third-order valence-electron chi connectivity index (χ3n) is 3.35. The maximum absolute atomic E-state index is 11.7. The van der Waals surface area contributed by atoms with Crippen LogP contribution in [0.3, 0.4) is 0 Å². The van der Waals surface area contributed by atoms with Gasteiger partial charge in [-0.15, -0.1) is 0 Å². The first kappa shape index (κ1) is 20.8. The van der Waals surface area contributed by atoms with Gasteiger partial charge < -0.3 is 29.4 Å². The van der Waals surface area contributed by atoms with Gasteiger partial charge in [-0.25, -0.2) is 4.79 Å². The average Bonchev–Trinajstić information content (AvgIpc) is 2.64. The van der Waals surface area contributed by atoms with Crippen molar-refractivity contribution in [3.05, 3.63) is 23.8 Å². The summed E-state index contributed by atoms with van der Waals surface area (Å²) in [5, 5.41) is 11.8. The van der Waals surface area contributed by atoms with E-state index in [0.29, 0.717) is 23.9 Å². The molecule has 0 unspecified atom stereocenters. The second-order valence-electron chi connectivity index (χ2n) is 5.14. The number of carbonyl (C=O) groups excluding carboxylic acids is 1. The van der Waals surface area contributed by atoms with E-state index in [-0.39, 0.29) is 6.61 Å². The molecule has 7 nitrogen and oxygen atoms in total. The molecule has 2 N–H and O–H groups in total. The van der Waals surface area contributed by atoms with Gasteiger partial charge in [-0.2, -0.15) is 0 Å². The van der Waals surface area contributed by atoms with Crippen LogP contribution < -0.4 is 19.5 Å². The number of methoxy groups -OCH3 is 3. The first-order valence-electron chi connectivity index (χ1n) is 8.12. The number of hydrogen-bond acceptors (Lipinski definition) is 7. The third kappa shape index (κ3) is 7.45. The van der Waals surface area contributed by atoms with Crippen LogP contribution in [0.2, 0.25) is 0 Å². The third-order valence-corrected chi connectivity index (χ3v) is 3.35. The van der Waals surface area contributed by atoms with Crippen LogP contribution in [-0.4, -0.2) is 58.7 Å². The van der Waals surface area contributed by atoms with Gasteiger partial charge in [0.05, 0.1) is 27.9 Å². The number of esters is 1. The molecule has 0 amide bonds. The number of nitrogens with one attached hydrogen (secondary N) is 1. The van der Waals surface area contributed by atoms with Crippen molar-refractivity contribution in [2.45, 2.75) is 12.8 Å². The molecule has 7 heteroatoms. The molecule has 0 radical (unpaired) electrons. The van der Waals surface area contributed by atoms with Gasteiger partial charge >= 0.3 is 5.97 Å². The normalized spacial score (nSPS) is 10.7. The van der Waals surface area contributed by atoms with Crippen molar-refractivity contribution in [1.82, 2.24) is 5.32 Å². The van der Waals surface area contributed by atoms with Crippen LogP contribution in [0, 0.1) is 0 Å². The summed E-state index contributed by atoms with van der Waals surface area (Å²) in [4.78, 5) is 11.7. The highest BCUT2D eigenvalue weighted by Crippen LogP contribution is 2.38. The predicted molar refractivity (Wildman–Crippen MR) is 95.3 cm³/mol. The number of ether oxygens (including phenoxy) is 4. The Balaban J connectivity index is 2.50. The molecule has 0 fully saturated rings. The Morgan fingerprint density at radius 2 is 1.72 bits per heavy atom. The summed E-state index contributed by atoms with van der Waals surface area (Å²) in [5.74, 6) is 1.12. The summed E-state index contributed by atoms with van der Waals surface area (Å²) in [6.45, 7) is 2.01. The summed E-state index contributed by atoms with van der Waals surface area (Å²) in [6, 6.07) is 3.49. The van der Waals surface area contributed by atoms with E-state index in [1.165, 1.54) is 27.4 Å². The summed E-state index contributed by atoms with van der Waals surface area (Å²) in [6.07, 6.45) is 4.43. The van der Waals surface area contributed by atoms with E-state index in [1.807, 2.05) is 0 Å². The Morgan fingerprint density at radius 1 is 1.08 bits per heavy atom. The van der Waals surface area contributed by atoms with Crippen molar-refractivity contribution >= 4 is 12.0 Å². The van der Waals surface area contributed by atoms with Crippen LogP contribution >= 0.6 is 0 Å². The largest absolute Gasteiger partial charge is 0.493 e. The Labute approximate surface area is 148 Å². The van der Waals surface area contributed by atoms with Gasteiger partial charge in [-0.05, 0) is 49.7 Å². The zero-order valence-electron chi connectivity index (χ0n) is 15.0. The lowest BCUT2D eigenvalue weighted by Crippen LogP contribution is -2.19. The minimum absolute atomic E-state index is 0.174. The first-order chi connectivity index (χ1) is 12.2. The van der Waals surface area contributed by atoms with Crippen molar-refractivity contribution in [2.75, 3.05) is 47.6 Å². The van der Waals surface area contributed by atoms with Gasteiger partial charge in [0, 0.05) is 12.7 Å². The van der Waals surface area contributed by atoms with Crippen LogP contribution in [0.1, 0.15) is 18.4 Å². The van der Waals surface area contributed by atoms with Gasteiger partial charge in [0.15, 0.2) is 11.5 Å². The quantitative estimate of drug-likeness (QED) is 0.335. The number of benzene rings is 1. The van der Waals surface area contributed by atoms with Crippen molar-refractivity contribution in [2.24, 2.45) is 0 Å². The molecule has 1 rings (SSSR count). The highest BCUT2D eigenvalue weighted by atomic mass is 16.5. The van der Waals surface area contributed by atoms with Crippen LogP contribution in [0.15, 0.2) is 18.2 Å².